The molecule has 3 heterocycles. The van der Waals surface area contributed by atoms with Crippen LogP contribution in [-0.2, 0) is 4.74 Å². The summed E-state index contributed by atoms with van der Waals surface area (Å²) in [5.41, 5.74) is 2.36. The Morgan fingerprint density at radius 1 is 1.00 bits per heavy atom. The van der Waals surface area contributed by atoms with Gasteiger partial charge in [0.1, 0.15) is 11.3 Å². The van der Waals surface area contributed by atoms with Gasteiger partial charge in [0.25, 0.3) is 5.91 Å². The summed E-state index contributed by atoms with van der Waals surface area (Å²) in [5.74, 6) is -0.284. The lowest BCUT2D eigenvalue weighted by atomic mass is 10.2. The maximum atomic E-state index is 13.1. The van der Waals surface area contributed by atoms with Crippen LogP contribution in [0.2, 0.25) is 0 Å². The van der Waals surface area contributed by atoms with Crippen LogP contribution in [0.5, 0.6) is 0 Å². The van der Waals surface area contributed by atoms with E-state index in [1.165, 1.54) is 11.3 Å². The zero-order valence-electron chi connectivity index (χ0n) is 20.5. The largest absolute Gasteiger partial charge is 0.444 e. The average molecular weight is 505 g/mol. The van der Waals surface area contributed by atoms with E-state index >= 15 is 0 Å². The van der Waals surface area contributed by atoms with Gasteiger partial charge in [-0.05, 0) is 39.0 Å². The minimum absolute atomic E-state index is 0.284. The number of aromatic nitrogens is 3. The minimum atomic E-state index is -0.523. The smallest absolute Gasteiger partial charge is 0.410 e. The van der Waals surface area contributed by atoms with Gasteiger partial charge in [0.15, 0.2) is 0 Å². The topological polar surface area (TPSA) is 92.6 Å². The zero-order chi connectivity index (χ0) is 25.3. The maximum absolute atomic E-state index is 13.1. The van der Waals surface area contributed by atoms with E-state index in [0.717, 1.165) is 16.6 Å². The molecule has 1 N–H and O–H groups in total. The fraction of sp³-hybridized carbons (Fsp3) is 0.308. The highest BCUT2D eigenvalue weighted by molar-refractivity contribution is 7.12. The van der Waals surface area contributed by atoms with Crippen molar-refractivity contribution < 1.29 is 14.3 Å². The van der Waals surface area contributed by atoms with E-state index in [0.29, 0.717) is 42.7 Å². The number of fused-ring (bicyclic) bond motifs is 1. The van der Waals surface area contributed by atoms with Crippen molar-refractivity contribution in [2.24, 2.45) is 0 Å². The first-order valence-corrected chi connectivity index (χ1v) is 12.7. The second-order valence-corrected chi connectivity index (χ2v) is 10.4. The van der Waals surface area contributed by atoms with Crippen molar-refractivity contribution in [3.63, 3.8) is 0 Å². The third-order valence-electron chi connectivity index (χ3n) is 5.81. The van der Waals surface area contributed by atoms with Crippen molar-refractivity contribution in [2.75, 3.05) is 36.4 Å². The number of hydrogen-bond acceptors (Lipinski definition) is 7. The number of benzene rings is 2. The number of carbonyl (C=O) groups excluding carboxylic acids is 2. The lowest BCUT2D eigenvalue weighted by Gasteiger charge is -2.37. The molecule has 2 aromatic carbocycles. The van der Waals surface area contributed by atoms with Gasteiger partial charge in [-0.2, -0.15) is 5.10 Å². The molecule has 0 aliphatic carbocycles. The molecular formula is C26H28N6O3S. The zero-order valence-corrected chi connectivity index (χ0v) is 21.3. The highest BCUT2D eigenvalue weighted by Gasteiger charge is 2.27. The van der Waals surface area contributed by atoms with Crippen LogP contribution in [-0.4, -0.2) is 63.4 Å². The van der Waals surface area contributed by atoms with E-state index in [4.69, 9.17) is 4.74 Å². The van der Waals surface area contributed by atoms with Gasteiger partial charge in [0, 0.05) is 36.9 Å². The number of nitrogens with one attached hydrogen (secondary N) is 1. The Kier molecular flexibility index (Phi) is 6.36. The lowest BCUT2D eigenvalue weighted by molar-refractivity contribution is 0.0240. The Morgan fingerprint density at radius 3 is 2.50 bits per heavy atom. The van der Waals surface area contributed by atoms with Crippen LogP contribution in [0, 0.1) is 0 Å². The number of carbonyl (C=O) groups is 2. The first-order valence-electron chi connectivity index (χ1n) is 11.8. The van der Waals surface area contributed by atoms with Gasteiger partial charge in [0.2, 0.25) is 5.13 Å². The number of anilines is 2. The third kappa shape index (κ3) is 5.03. The molecule has 36 heavy (non-hydrogen) atoms. The molecule has 2 aromatic heterocycles. The molecule has 0 spiro atoms. The number of para-hydroxylation sites is 3. The van der Waals surface area contributed by atoms with Gasteiger partial charge < -0.3 is 19.9 Å². The fourth-order valence-electron chi connectivity index (χ4n) is 4.09. The summed E-state index contributed by atoms with van der Waals surface area (Å²) in [7, 11) is 0. The molecule has 2 amide bonds. The molecular weight excluding hydrogens is 476 g/mol. The van der Waals surface area contributed by atoms with Crippen molar-refractivity contribution in [3.8, 4) is 5.13 Å². The van der Waals surface area contributed by atoms with E-state index in [1.54, 1.807) is 21.2 Å². The van der Waals surface area contributed by atoms with Gasteiger partial charge in [-0.15, -0.1) is 11.3 Å². The van der Waals surface area contributed by atoms with Crippen molar-refractivity contribution in [1.82, 2.24) is 19.7 Å². The van der Waals surface area contributed by atoms with Crippen LogP contribution in [0.1, 0.15) is 31.3 Å². The van der Waals surface area contributed by atoms with E-state index in [2.05, 4.69) is 20.3 Å². The Labute approximate surface area is 213 Å². The van der Waals surface area contributed by atoms with Gasteiger partial charge in [0.05, 0.1) is 23.1 Å². The molecule has 0 unspecified atom stereocenters. The summed E-state index contributed by atoms with van der Waals surface area (Å²) < 4.78 is 7.24. The Bertz CT molecular complexity index is 1400. The molecule has 1 aliphatic heterocycles. The highest BCUT2D eigenvalue weighted by atomic mass is 32.1. The second-order valence-electron chi connectivity index (χ2n) is 9.56. The van der Waals surface area contributed by atoms with Crippen molar-refractivity contribution in [2.45, 2.75) is 26.4 Å². The lowest BCUT2D eigenvalue weighted by Crippen LogP contribution is -2.50. The summed E-state index contributed by atoms with van der Waals surface area (Å²) in [6, 6.07) is 15.6. The van der Waals surface area contributed by atoms with Gasteiger partial charge in [-0.3, -0.25) is 4.79 Å². The molecule has 186 valence electrons. The maximum Gasteiger partial charge on any atom is 0.410 e. The Hall–Kier alpha value is -3.92. The molecule has 0 saturated carbocycles. The number of nitrogens with zero attached hydrogens (tertiary/aromatic N) is 5. The van der Waals surface area contributed by atoms with Crippen LogP contribution < -0.4 is 10.2 Å². The van der Waals surface area contributed by atoms with Crippen molar-refractivity contribution in [1.29, 1.82) is 0 Å². The molecule has 1 fully saturated rings. The van der Waals surface area contributed by atoms with Crippen LogP contribution in [0.15, 0.2) is 60.1 Å². The summed E-state index contributed by atoms with van der Waals surface area (Å²) in [6.07, 6.45) is 1.49. The number of piperazine rings is 1. The summed E-state index contributed by atoms with van der Waals surface area (Å²) in [5, 5.41) is 10.8. The summed E-state index contributed by atoms with van der Waals surface area (Å²) in [4.78, 5) is 33.9. The van der Waals surface area contributed by atoms with E-state index in [9.17, 15) is 9.59 Å². The van der Waals surface area contributed by atoms with E-state index in [1.807, 2.05) is 69.3 Å². The monoisotopic (exact) mass is 504 g/mol. The van der Waals surface area contributed by atoms with E-state index < -0.39 is 5.60 Å². The van der Waals surface area contributed by atoms with Crippen LogP contribution in [0.3, 0.4) is 0 Å². The first kappa shape index (κ1) is 23.8. The number of ether oxygens (including phenoxy) is 1. The van der Waals surface area contributed by atoms with Crippen LogP contribution >= 0.6 is 11.3 Å². The van der Waals surface area contributed by atoms with Crippen molar-refractivity contribution in [3.05, 3.63) is 65.8 Å². The van der Waals surface area contributed by atoms with Gasteiger partial charge in [-0.25, -0.2) is 14.5 Å². The number of rotatable bonds is 4. The molecule has 4 aromatic rings. The number of hydrogen-bond donors (Lipinski definition) is 1. The Balaban J connectivity index is 1.27. The van der Waals surface area contributed by atoms with Gasteiger partial charge in [-0.1, -0.05) is 30.3 Å². The molecule has 0 bridgehead atoms. The first-order chi connectivity index (χ1) is 17.3. The molecule has 1 aliphatic rings. The molecule has 1 saturated heterocycles. The van der Waals surface area contributed by atoms with Crippen LogP contribution in [0.4, 0.5) is 16.2 Å². The Morgan fingerprint density at radius 2 is 1.72 bits per heavy atom. The molecule has 5 rings (SSSR count). The highest BCUT2D eigenvalue weighted by Crippen LogP contribution is 2.28. The minimum Gasteiger partial charge on any atom is -0.444 e. The quantitative estimate of drug-likeness (QED) is 0.430. The number of amides is 2. The second kappa shape index (κ2) is 9.62. The molecule has 0 atom stereocenters. The van der Waals surface area contributed by atoms with E-state index in [-0.39, 0.29) is 12.0 Å². The molecule has 10 heteroatoms. The summed E-state index contributed by atoms with van der Waals surface area (Å²) in [6.45, 7) is 7.96. The number of thiazole rings is 1. The van der Waals surface area contributed by atoms with Crippen LogP contribution in [0.25, 0.3) is 16.0 Å². The molecule has 0 radical (unpaired) electrons. The third-order valence-corrected chi connectivity index (χ3v) is 6.62. The SMILES string of the molecule is CC(C)(C)OC(=O)N1CCN(c2ccccc2NC(=O)c2csc(-n3ncc4ccccc43)n2)CC1. The fourth-order valence-corrected chi connectivity index (χ4v) is 4.86. The van der Waals surface area contributed by atoms with Gasteiger partial charge >= 0.3 is 6.09 Å². The normalized spacial score (nSPS) is 14.2. The standard InChI is InChI=1S/C26H28N6O3S/c1-26(2,3)35-25(34)31-14-12-30(13-15-31)22-11-7-5-9-19(22)28-23(33)20-17-36-24(29-20)32-21-10-6-4-8-18(21)16-27-32/h4-11,16-17H,12-15H2,1-3H3,(H,28,33). The summed E-state index contributed by atoms with van der Waals surface area (Å²) >= 11 is 1.37. The predicted molar refractivity (Wildman–Crippen MR) is 141 cm³/mol. The van der Waals surface area contributed by atoms with Crippen molar-refractivity contribution >= 4 is 45.6 Å². The molecule has 9 nitrogen and oxygen atoms in total. The predicted octanol–water partition coefficient (Wildman–Crippen LogP) is 4.79. The average Bonchev–Trinajstić information content (AvgIpc) is 3.51.